The molecule has 1 amide bonds. The number of aromatic nitrogens is 2. The van der Waals surface area contributed by atoms with Gasteiger partial charge in [0.05, 0.1) is 29.6 Å². The zero-order chi connectivity index (χ0) is 19.2. The maximum absolute atomic E-state index is 12.5. The minimum Gasteiger partial charge on any atom is -0.491 e. The number of anilines is 1. The quantitative estimate of drug-likeness (QED) is 0.671. The van der Waals surface area contributed by atoms with Crippen LogP contribution in [0.5, 0.6) is 5.75 Å². The Balaban J connectivity index is 1.72. The highest BCUT2D eigenvalue weighted by atomic mass is 16.5. The highest BCUT2D eigenvalue weighted by molar-refractivity contribution is 5.92. The topological polar surface area (TPSA) is 93.2 Å². The number of carbonyl (C=O) groups excluding carboxylic acids is 1. The van der Waals surface area contributed by atoms with E-state index in [1.807, 2.05) is 13.0 Å². The van der Waals surface area contributed by atoms with E-state index in [1.54, 1.807) is 42.5 Å². The van der Waals surface area contributed by atoms with Crippen molar-refractivity contribution in [3.8, 4) is 5.75 Å². The second kappa shape index (κ2) is 8.35. The summed E-state index contributed by atoms with van der Waals surface area (Å²) in [5.41, 5.74) is -0.107. The molecule has 0 saturated carbocycles. The number of aryl methyl sites for hydroxylation is 1. The number of ether oxygens (including phenoxy) is 1. The molecule has 140 valence electrons. The van der Waals surface area contributed by atoms with Gasteiger partial charge in [0.25, 0.3) is 11.1 Å². The summed E-state index contributed by atoms with van der Waals surface area (Å²) in [4.78, 5) is 36.9. The van der Waals surface area contributed by atoms with Gasteiger partial charge in [-0.05, 0) is 30.7 Å². The molecule has 0 saturated heterocycles. The Kier molecular flexibility index (Phi) is 5.71. The number of hydrogen-bond donors (Lipinski definition) is 2. The van der Waals surface area contributed by atoms with Crippen LogP contribution in [-0.2, 0) is 11.3 Å². The molecule has 0 bridgehead atoms. The molecule has 7 nitrogen and oxygen atoms in total. The average molecular weight is 367 g/mol. The Morgan fingerprint density at radius 1 is 1.07 bits per heavy atom. The van der Waals surface area contributed by atoms with E-state index in [0.717, 1.165) is 6.42 Å². The van der Waals surface area contributed by atoms with Crippen molar-refractivity contribution < 1.29 is 9.53 Å². The molecule has 2 aromatic carbocycles. The number of benzene rings is 2. The van der Waals surface area contributed by atoms with Crippen LogP contribution in [0.15, 0.2) is 58.1 Å². The summed E-state index contributed by atoms with van der Waals surface area (Å²) in [7, 11) is 0. The standard InChI is InChI=1S/C20H21N3O4/c1-2-13-27-17-10-6-5-9-16(17)21-18(24)11-12-23-20(26)15-8-4-3-7-14(15)19(25)22-23/h3-10H,2,11-13H2,1H3,(H,21,24)(H,22,25). The van der Waals surface area contributed by atoms with E-state index in [2.05, 4.69) is 10.4 Å². The monoisotopic (exact) mass is 367 g/mol. The van der Waals surface area contributed by atoms with Crippen molar-refractivity contribution in [3.05, 3.63) is 69.2 Å². The Labute approximate surface area is 155 Å². The van der Waals surface area contributed by atoms with Crippen molar-refractivity contribution >= 4 is 22.4 Å². The van der Waals surface area contributed by atoms with Gasteiger partial charge in [0, 0.05) is 6.42 Å². The number of fused-ring (bicyclic) bond motifs is 1. The number of carbonyl (C=O) groups is 1. The van der Waals surface area contributed by atoms with Gasteiger partial charge in [0.15, 0.2) is 0 Å². The van der Waals surface area contributed by atoms with Crippen molar-refractivity contribution in [2.75, 3.05) is 11.9 Å². The fourth-order valence-electron chi connectivity index (χ4n) is 2.74. The number of aromatic amines is 1. The summed E-state index contributed by atoms with van der Waals surface area (Å²) >= 11 is 0. The third kappa shape index (κ3) is 4.25. The SMILES string of the molecule is CCCOc1ccccc1NC(=O)CCn1[nH]c(=O)c2ccccc2c1=O. The van der Waals surface area contributed by atoms with Crippen LogP contribution >= 0.6 is 0 Å². The van der Waals surface area contributed by atoms with Gasteiger partial charge in [-0.2, -0.15) is 0 Å². The number of para-hydroxylation sites is 2. The Hall–Kier alpha value is -3.35. The van der Waals surface area contributed by atoms with Gasteiger partial charge >= 0.3 is 0 Å². The van der Waals surface area contributed by atoms with E-state index in [0.29, 0.717) is 28.8 Å². The number of H-pyrrole nitrogens is 1. The van der Waals surface area contributed by atoms with Gasteiger partial charge < -0.3 is 10.1 Å². The molecule has 0 fully saturated rings. The fraction of sp³-hybridized carbons (Fsp3) is 0.250. The molecule has 0 atom stereocenters. The summed E-state index contributed by atoms with van der Waals surface area (Å²) in [6, 6.07) is 13.8. The third-order valence-corrected chi connectivity index (χ3v) is 4.07. The number of rotatable bonds is 7. The molecule has 0 unspecified atom stereocenters. The van der Waals surface area contributed by atoms with Crippen LogP contribution in [0.2, 0.25) is 0 Å². The number of nitrogens with zero attached hydrogens (tertiary/aromatic N) is 1. The number of hydrogen-bond acceptors (Lipinski definition) is 4. The highest BCUT2D eigenvalue weighted by Gasteiger charge is 2.10. The molecule has 1 heterocycles. The van der Waals surface area contributed by atoms with Crippen LogP contribution in [0.1, 0.15) is 19.8 Å². The zero-order valence-corrected chi connectivity index (χ0v) is 15.0. The smallest absolute Gasteiger partial charge is 0.273 e. The molecule has 0 spiro atoms. The lowest BCUT2D eigenvalue weighted by Crippen LogP contribution is -2.31. The highest BCUT2D eigenvalue weighted by Crippen LogP contribution is 2.24. The van der Waals surface area contributed by atoms with Gasteiger partial charge in [0.1, 0.15) is 5.75 Å². The largest absolute Gasteiger partial charge is 0.491 e. The molecule has 3 aromatic rings. The number of amides is 1. The molecule has 3 rings (SSSR count). The maximum atomic E-state index is 12.5. The molecule has 7 heteroatoms. The lowest BCUT2D eigenvalue weighted by molar-refractivity contribution is -0.116. The van der Waals surface area contributed by atoms with Crippen molar-refractivity contribution in [1.29, 1.82) is 0 Å². The van der Waals surface area contributed by atoms with E-state index < -0.39 is 0 Å². The maximum Gasteiger partial charge on any atom is 0.273 e. The average Bonchev–Trinajstić information content (AvgIpc) is 2.69. The lowest BCUT2D eigenvalue weighted by atomic mass is 10.2. The van der Waals surface area contributed by atoms with Crippen LogP contribution < -0.4 is 21.2 Å². The molecular weight excluding hydrogens is 346 g/mol. The van der Waals surface area contributed by atoms with Crippen LogP contribution in [0.3, 0.4) is 0 Å². The van der Waals surface area contributed by atoms with Crippen LogP contribution in [-0.4, -0.2) is 22.3 Å². The van der Waals surface area contributed by atoms with E-state index in [-0.39, 0.29) is 30.0 Å². The first-order valence-corrected chi connectivity index (χ1v) is 8.83. The Bertz CT molecular complexity index is 1070. The Morgan fingerprint density at radius 3 is 2.56 bits per heavy atom. The molecule has 2 N–H and O–H groups in total. The van der Waals surface area contributed by atoms with Crippen molar-refractivity contribution in [2.24, 2.45) is 0 Å². The van der Waals surface area contributed by atoms with Crippen LogP contribution in [0, 0.1) is 0 Å². The predicted molar refractivity (Wildman–Crippen MR) is 104 cm³/mol. The minimum absolute atomic E-state index is 0.0380. The first-order valence-electron chi connectivity index (χ1n) is 8.83. The fourth-order valence-corrected chi connectivity index (χ4v) is 2.74. The van der Waals surface area contributed by atoms with Crippen LogP contribution in [0.25, 0.3) is 10.8 Å². The lowest BCUT2D eigenvalue weighted by Gasteiger charge is -2.12. The molecule has 1 aromatic heterocycles. The van der Waals surface area contributed by atoms with Gasteiger partial charge in [-0.1, -0.05) is 31.2 Å². The molecule has 27 heavy (non-hydrogen) atoms. The van der Waals surface area contributed by atoms with Crippen molar-refractivity contribution in [2.45, 2.75) is 26.3 Å². The van der Waals surface area contributed by atoms with Gasteiger partial charge in [-0.3, -0.25) is 19.5 Å². The molecular formula is C20H21N3O4. The van der Waals surface area contributed by atoms with Crippen LogP contribution in [0.4, 0.5) is 5.69 Å². The van der Waals surface area contributed by atoms with Gasteiger partial charge in [0.2, 0.25) is 5.91 Å². The summed E-state index contributed by atoms with van der Waals surface area (Å²) < 4.78 is 6.79. The summed E-state index contributed by atoms with van der Waals surface area (Å²) in [6.45, 7) is 2.63. The van der Waals surface area contributed by atoms with Gasteiger partial charge in [-0.15, -0.1) is 0 Å². The molecule has 0 aliphatic heterocycles. The van der Waals surface area contributed by atoms with E-state index in [4.69, 9.17) is 4.74 Å². The predicted octanol–water partition coefficient (Wildman–Crippen LogP) is 2.51. The second-order valence-corrected chi connectivity index (χ2v) is 6.09. The van der Waals surface area contributed by atoms with E-state index >= 15 is 0 Å². The Morgan fingerprint density at radius 2 is 1.78 bits per heavy atom. The number of nitrogens with one attached hydrogen (secondary N) is 2. The van der Waals surface area contributed by atoms with Crippen molar-refractivity contribution in [3.63, 3.8) is 0 Å². The van der Waals surface area contributed by atoms with Crippen molar-refractivity contribution in [1.82, 2.24) is 9.78 Å². The van der Waals surface area contributed by atoms with E-state index in [1.165, 1.54) is 4.68 Å². The second-order valence-electron chi connectivity index (χ2n) is 6.09. The first kappa shape index (κ1) is 18.4. The summed E-state index contributed by atoms with van der Waals surface area (Å²) in [5, 5.41) is 5.98. The normalized spacial score (nSPS) is 10.7. The van der Waals surface area contributed by atoms with Gasteiger partial charge in [-0.25, -0.2) is 4.68 Å². The zero-order valence-electron chi connectivity index (χ0n) is 15.0. The summed E-state index contributed by atoms with van der Waals surface area (Å²) in [6.07, 6.45) is 0.900. The first-order chi connectivity index (χ1) is 13.1. The van der Waals surface area contributed by atoms with E-state index in [9.17, 15) is 14.4 Å². The summed E-state index contributed by atoms with van der Waals surface area (Å²) in [5.74, 6) is 0.326. The molecule has 0 aliphatic rings. The molecule has 0 aliphatic carbocycles. The minimum atomic E-state index is -0.357. The molecule has 0 radical (unpaired) electrons. The third-order valence-electron chi connectivity index (χ3n) is 4.07.